The van der Waals surface area contributed by atoms with Crippen molar-refractivity contribution < 1.29 is 8.42 Å². The lowest BCUT2D eigenvalue weighted by atomic mass is 10.2. The highest BCUT2D eigenvalue weighted by atomic mass is 32.2. The van der Waals surface area contributed by atoms with Gasteiger partial charge in [-0.1, -0.05) is 30.3 Å². The van der Waals surface area contributed by atoms with E-state index in [1.165, 1.54) is 4.31 Å². The van der Waals surface area contributed by atoms with Gasteiger partial charge >= 0.3 is 0 Å². The lowest BCUT2D eigenvalue weighted by molar-refractivity contribution is 0.465. The number of hydrogen-bond acceptors (Lipinski definition) is 3. The van der Waals surface area contributed by atoms with Gasteiger partial charge in [-0.25, -0.2) is 12.7 Å². The van der Waals surface area contributed by atoms with Crippen molar-refractivity contribution in [2.75, 3.05) is 26.4 Å². The fourth-order valence-corrected chi connectivity index (χ4v) is 2.69. The predicted octanol–water partition coefficient (Wildman–Crippen LogP) is 1.06. The Labute approximate surface area is 104 Å². The summed E-state index contributed by atoms with van der Waals surface area (Å²) >= 11 is 0. The molecule has 4 nitrogen and oxygen atoms in total. The van der Waals surface area contributed by atoms with Crippen LogP contribution in [0.5, 0.6) is 0 Å². The lowest BCUT2D eigenvalue weighted by Gasteiger charge is -2.17. The summed E-state index contributed by atoms with van der Waals surface area (Å²) in [5.74, 6) is 0.192. The highest BCUT2D eigenvalue weighted by Gasteiger charge is 2.17. The first-order valence-corrected chi connectivity index (χ1v) is 7.29. The molecule has 0 saturated heterocycles. The molecule has 0 heterocycles. The predicted molar refractivity (Wildman–Crippen MR) is 70.2 cm³/mol. The van der Waals surface area contributed by atoms with Gasteiger partial charge in [0.05, 0.1) is 5.75 Å². The SMILES string of the molecule is CNCCCS(=O)(=O)N(C)Cc1ccccc1. The molecule has 1 aromatic rings. The Balaban J connectivity index is 2.54. The van der Waals surface area contributed by atoms with Gasteiger partial charge in [-0.05, 0) is 25.6 Å². The van der Waals surface area contributed by atoms with Crippen LogP contribution in [0.25, 0.3) is 0 Å². The van der Waals surface area contributed by atoms with Crippen LogP contribution < -0.4 is 5.32 Å². The molecule has 5 heteroatoms. The van der Waals surface area contributed by atoms with E-state index in [0.29, 0.717) is 13.0 Å². The number of hydrogen-bond donors (Lipinski definition) is 1. The number of sulfonamides is 1. The molecular formula is C12H20N2O2S. The Morgan fingerprint density at radius 1 is 1.24 bits per heavy atom. The zero-order valence-corrected chi connectivity index (χ0v) is 11.2. The van der Waals surface area contributed by atoms with Crippen LogP contribution in [0, 0.1) is 0 Å². The summed E-state index contributed by atoms with van der Waals surface area (Å²) in [6.07, 6.45) is 0.637. The smallest absolute Gasteiger partial charge is 0.214 e. The molecule has 0 bridgehead atoms. The molecule has 96 valence electrons. The van der Waals surface area contributed by atoms with Crippen molar-refractivity contribution in [1.82, 2.24) is 9.62 Å². The third-order valence-electron chi connectivity index (χ3n) is 2.55. The molecule has 0 saturated carbocycles. The average molecular weight is 256 g/mol. The van der Waals surface area contributed by atoms with Crippen molar-refractivity contribution in [2.45, 2.75) is 13.0 Å². The van der Waals surface area contributed by atoms with E-state index >= 15 is 0 Å². The summed E-state index contributed by atoms with van der Waals surface area (Å²) in [7, 11) is 0.309. The second-order valence-corrected chi connectivity index (χ2v) is 6.21. The average Bonchev–Trinajstić information content (AvgIpc) is 2.30. The van der Waals surface area contributed by atoms with E-state index in [1.54, 1.807) is 7.05 Å². The summed E-state index contributed by atoms with van der Waals surface area (Å²) in [6.45, 7) is 1.15. The summed E-state index contributed by atoms with van der Waals surface area (Å²) in [4.78, 5) is 0. The van der Waals surface area contributed by atoms with Crippen LogP contribution in [0.15, 0.2) is 30.3 Å². The van der Waals surface area contributed by atoms with E-state index in [4.69, 9.17) is 0 Å². The van der Waals surface area contributed by atoms with E-state index in [0.717, 1.165) is 12.1 Å². The molecule has 0 atom stereocenters. The summed E-state index contributed by atoms with van der Waals surface area (Å²) in [5.41, 5.74) is 1.01. The molecule has 0 aliphatic heterocycles. The van der Waals surface area contributed by atoms with Crippen molar-refractivity contribution in [3.05, 3.63) is 35.9 Å². The third-order valence-corrected chi connectivity index (χ3v) is 4.44. The van der Waals surface area contributed by atoms with Crippen molar-refractivity contribution in [3.8, 4) is 0 Å². The van der Waals surface area contributed by atoms with Crippen LogP contribution in [-0.2, 0) is 16.6 Å². The zero-order valence-electron chi connectivity index (χ0n) is 10.4. The first-order chi connectivity index (χ1) is 8.06. The van der Waals surface area contributed by atoms with Crippen LogP contribution in [0.2, 0.25) is 0 Å². The van der Waals surface area contributed by atoms with E-state index < -0.39 is 10.0 Å². The van der Waals surface area contributed by atoms with Crippen LogP contribution in [-0.4, -0.2) is 39.1 Å². The molecule has 0 aliphatic rings. The van der Waals surface area contributed by atoms with E-state index in [-0.39, 0.29) is 5.75 Å². The molecule has 1 rings (SSSR count). The molecular weight excluding hydrogens is 236 g/mol. The largest absolute Gasteiger partial charge is 0.320 e. The van der Waals surface area contributed by atoms with Gasteiger partial charge in [0.15, 0.2) is 0 Å². The van der Waals surface area contributed by atoms with Gasteiger partial charge in [0.2, 0.25) is 10.0 Å². The van der Waals surface area contributed by atoms with Crippen LogP contribution in [0.4, 0.5) is 0 Å². The maximum atomic E-state index is 11.9. The quantitative estimate of drug-likeness (QED) is 0.742. The van der Waals surface area contributed by atoms with Gasteiger partial charge in [-0.2, -0.15) is 0 Å². The molecule has 0 unspecified atom stereocenters. The highest BCUT2D eigenvalue weighted by Crippen LogP contribution is 2.07. The van der Waals surface area contributed by atoms with Crippen LogP contribution in [0.3, 0.4) is 0 Å². The van der Waals surface area contributed by atoms with Gasteiger partial charge in [0, 0.05) is 13.6 Å². The molecule has 1 N–H and O–H groups in total. The highest BCUT2D eigenvalue weighted by molar-refractivity contribution is 7.89. The maximum Gasteiger partial charge on any atom is 0.214 e. The molecule has 17 heavy (non-hydrogen) atoms. The van der Waals surface area contributed by atoms with Crippen molar-refractivity contribution in [2.24, 2.45) is 0 Å². The minimum atomic E-state index is -3.14. The summed E-state index contributed by atoms with van der Waals surface area (Å²) < 4.78 is 25.2. The molecule has 1 aromatic carbocycles. The molecule has 0 fully saturated rings. The standard InChI is InChI=1S/C12H20N2O2S/c1-13-9-6-10-17(15,16)14(2)11-12-7-4-3-5-8-12/h3-5,7-8,13H,6,9-11H2,1-2H3. The van der Waals surface area contributed by atoms with Gasteiger partial charge in [0.25, 0.3) is 0 Å². The lowest BCUT2D eigenvalue weighted by Crippen LogP contribution is -2.29. The van der Waals surface area contributed by atoms with Crippen LogP contribution in [0.1, 0.15) is 12.0 Å². The number of benzene rings is 1. The Morgan fingerprint density at radius 3 is 2.47 bits per heavy atom. The normalized spacial score (nSPS) is 11.9. The minimum absolute atomic E-state index is 0.192. The van der Waals surface area contributed by atoms with Gasteiger partial charge < -0.3 is 5.32 Å². The van der Waals surface area contributed by atoms with E-state index in [2.05, 4.69) is 5.32 Å². The molecule has 0 aromatic heterocycles. The Hall–Kier alpha value is -0.910. The number of nitrogens with one attached hydrogen (secondary N) is 1. The molecule has 0 spiro atoms. The Kier molecular flexibility index (Phi) is 5.61. The monoisotopic (exact) mass is 256 g/mol. The van der Waals surface area contributed by atoms with Gasteiger partial charge in [-0.3, -0.25) is 0 Å². The van der Waals surface area contributed by atoms with Gasteiger partial charge in [-0.15, -0.1) is 0 Å². The first kappa shape index (κ1) is 14.2. The second-order valence-electron chi connectivity index (χ2n) is 4.01. The number of nitrogens with zero attached hydrogens (tertiary/aromatic N) is 1. The fraction of sp³-hybridized carbons (Fsp3) is 0.500. The molecule has 0 amide bonds. The minimum Gasteiger partial charge on any atom is -0.320 e. The van der Waals surface area contributed by atoms with Crippen molar-refractivity contribution in [3.63, 3.8) is 0 Å². The maximum absolute atomic E-state index is 11.9. The fourth-order valence-electron chi connectivity index (χ4n) is 1.53. The third kappa shape index (κ3) is 4.85. The first-order valence-electron chi connectivity index (χ1n) is 5.69. The topological polar surface area (TPSA) is 49.4 Å². The van der Waals surface area contributed by atoms with E-state index in [1.807, 2.05) is 37.4 Å². The number of rotatable bonds is 7. The summed E-state index contributed by atoms with van der Waals surface area (Å²) in [6, 6.07) is 9.61. The molecule has 0 aliphatic carbocycles. The van der Waals surface area contributed by atoms with Crippen molar-refractivity contribution >= 4 is 10.0 Å². The van der Waals surface area contributed by atoms with Crippen LogP contribution >= 0.6 is 0 Å². The van der Waals surface area contributed by atoms with Gasteiger partial charge in [0.1, 0.15) is 0 Å². The Morgan fingerprint density at radius 2 is 1.88 bits per heavy atom. The van der Waals surface area contributed by atoms with E-state index in [9.17, 15) is 8.42 Å². The van der Waals surface area contributed by atoms with Crippen molar-refractivity contribution in [1.29, 1.82) is 0 Å². The summed E-state index contributed by atoms with van der Waals surface area (Å²) in [5, 5.41) is 2.95. The molecule has 0 radical (unpaired) electrons. The zero-order chi connectivity index (χ0) is 12.7. The Bertz CT molecular complexity index is 417. The second kappa shape index (κ2) is 6.74.